The highest BCUT2D eigenvalue weighted by atomic mass is 127. The SMILES string of the molecule is CCNC(=NCCNC(=O)C(C)(C)C)NC1CCCC(C)C1.I. The summed E-state index contributed by atoms with van der Waals surface area (Å²) in [5.41, 5.74) is -0.343. The maximum Gasteiger partial charge on any atom is 0.225 e. The molecule has 0 spiro atoms. The zero-order chi connectivity index (χ0) is 16.6. The standard InChI is InChI=1S/C17H34N4O.HI/c1-6-18-16(21-14-9-7-8-13(2)12-14)20-11-10-19-15(22)17(3,4)5;/h13-14H,6-12H2,1-5H3,(H,19,22)(H2,18,20,21);1H. The molecule has 2 unspecified atom stereocenters. The van der Waals surface area contributed by atoms with E-state index in [1.54, 1.807) is 0 Å². The van der Waals surface area contributed by atoms with Crippen LogP contribution in [0.1, 0.15) is 60.3 Å². The Bertz CT molecular complexity index is 379. The Morgan fingerprint density at radius 2 is 1.91 bits per heavy atom. The van der Waals surface area contributed by atoms with Gasteiger partial charge in [-0.2, -0.15) is 0 Å². The first kappa shape index (κ1) is 22.5. The first-order chi connectivity index (χ1) is 10.3. The van der Waals surface area contributed by atoms with Crippen LogP contribution < -0.4 is 16.0 Å². The van der Waals surface area contributed by atoms with Crippen molar-refractivity contribution in [2.45, 2.75) is 66.3 Å². The average Bonchev–Trinajstić information content (AvgIpc) is 2.42. The molecule has 1 rings (SSSR count). The molecule has 0 bridgehead atoms. The van der Waals surface area contributed by atoms with Gasteiger partial charge in [0.25, 0.3) is 0 Å². The lowest BCUT2D eigenvalue weighted by atomic mass is 9.87. The van der Waals surface area contributed by atoms with Gasteiger partial charge in [0, 0.05) is 24.5 Å². The van der Waals surface area contributed by atoms with Crippen molar-refractivity contribution in [1.82, 2.24) is 16.0 Å². The van der Waals surface area contributed by atoms with Gasteiger partial charge in [0.2, 0.25) is 5.91 Å². The number of hydrogen-bond acceptors (Lipinski definition) is 2. The number of amides is 1. The predicted octanol–water partition coefficient (Wildman–Crippen LogP) is 2.90. The topological polar surface area (TPSA) is 65.5 Å². The van der Waals surface area contributed by atoms with Crippen molar-refractivity contribution in [2.24, 2.45) is 16.3 Å². The maximum atomic E-state index is 11.8. The maximum absolute atomic E-state index is 11.8. The summed E-state index contributed by atoms with van der Waals surface area (Å²) >= 11 is 0. The second-order valence-corrected chi connectivity index (χ2v) is 7.38. The predicted molar refractivity (Wildman–Crippen MR) is 108 cm³/mol. The summed E-state index contributed by atoms with van der Waals surface area (Å²) in [6.07, 6.45) is 5.06. The Kier molecular flexibility index (Phi) is 10.8. The van der Waals surface area contributed by atoms with Gasteiger partial charge in [-0.05, 0) is 25.7 Å². The van der Waals surface area contributed by atoms with E-state index in [0.29, 0.717) is 19.1 Å². The highest BCUT2D eigenvalue weighted by Gasteiger charge is 2.21. The van der Waals surface area contributed by atoms with E-state index in [1.807, 2.05) is 20.8 Å². The van der Waals surface area contributed by atoms with Gasteiger partial charge in [-0.1, -0.05) is 40.5 Å². The van der Waals surface area contributed by atoms with Crippen molar-refractivity contribution in [3.63, 3.8) is 0 Å². The van der Waals surface area contributed by atoms with Crippen molar-refractivity contribution < 1.29 is 4.79 Å². The fourth-order valence-electron chi connectivity index (χ4n) is 2.68. The van der Waals surface area contributed by atoms with Crippen LogP contribution in [0.3, 0.4) is 0 Å². The smallest absolute Gasteiger partial charge is 0.225 e. The fraction of sp³-hybridized carbons (Fsp3) is 0.882. The van der Waals surface area contributed by atoms with Gasteiger partial charge >= 0.3 is 0 Å². The average molecular weight is 438 g/mol. The molecular weight excluding hydrogens is 403 g/mol. The van der Waals surface area contributed by atoms with E-state index in [2.05, 4.69) is 34.8 Å². The summed E-state index contributed by atoms with van der Waals surface area (Å²) < 4.78 is 0. The molecule has 23 heavy (non-hydrogen) atoms. The van der Waals surface area contributed by atoms with Crippen LogP contribution in [0.2, 0.25) is 0 Å². The van der Waals surface area contributed by atoms with Gasteiger partial charge in [-0.25, -0.2) is 0 Å². The summed E-state index contributed by atoms with van der Waals surface area (Å²) in [5, 5.41) is 9.75. The van der Waals surface area contributed by atoms with Crippen LogP contribution in [0.5, 0.6) is 0 Å². The minimum absolute atomic E-state index is 0. The van der Waals surface area contributed by atoms with Crippen molar-refractivity contribution in [3.8, 4) is 0 Å². The summed E-state index contributed by atoms with van der Waals surface area (Å²) in [6.45, 7) is 12.2. The Morgan fingerprint density at radius 1 is 1.22 bits per heavy atom. The highest BCUT2D eigenvalue weighted by Crippen LogP contribution is 2.23. The molecule has 1 aliphatic carbocycles. The molecule has 1 saturated carbocycles. The monoisotopic (exact) mass is 438 g/mol. The van der Waals surface area contributed by atoms with Crippen LogP contribution in [0.25, 0.3) is 0 Å². The Hall–Kier alpha value is -0.530. The van der Waals surface area contributed by atoms with E-state index < -0.39 is 0 Å². The molecule has 1 fully saturated rings. The molecule has 3 N–H and O–H groups in total. The number of rotatable bonds is 5. The normalized spacial score (nSPS) is 22.0. The van der Waals surface area contributed by atoms with E-state index in [-0.39, 0.29) is 35.3 Å². The highest BCUT2D eigenvalue weighted by molar-refractivity contribution is 14.0. The quantitative estimate of drug-likeness (QED) is 0.268. The van der Waals surface area contributed by atoms with Crippen LogP contribution in [-0.4, -0.2) is 37.5 Å². The lowest BCUT2D eigenvalue weighted by Gasteiger charge is -2.28. The van der Waals surface area contributed by atoms with Crippen LogP contribution in [0.4, 0.5) is 0 Å². The van der Waals surface area contributed by atoms with E-state index in [0.717, 1.165) is 18.4 Å². The van der Waals surface area contributed by atoms with Gasteiger partial charge in [-0.15, -0.1) is 24.0 Å². The number of carbonyl (C=O) groups is 1. The van der Waals surface area contributed by atoms with E-state index >= 15 is 0 Å². The minimum atomic E-state index is -0.343. The number of aliphatic imine (C=N–C) groups is 1. The third-order valence-corrected chi connectivity index (χ3v) is 3.97. The molecule has 136 valence electrons. The molecule has 0 aliphatic heterocycles. The molecule has 1 amide bonds. The van der Waals surface area contributed by atoms with Crippen LogP contribution in [0.15, 0.2) is 4.99 Å². The van der Waals surface area contributed by atoms with Crippen molar-refractivity contribution in [2.75, 3.05) is 19.6 Å². The van der Waals surface area contributed by atoms with Crippen LogP contribution in [0, 0.1) is 11.3 Å². The van der Waals surface area contributed by atoms with Crippen LogP contribution in [-0.2, 0) is 4.79 Å². The first-order valence-electron chi connectivity index (χ1n) is 8.66. The molecule has 0 aromatic heterocycles. The second-order valence-electron chi connectivity index (χ2n) is 7.38. The summed E-state index contributed by atoms with van der Waals surface area (Å²) in [5.74, 6) is 1.73. The summed E-state index contributed by atoms with van der Waals surface area (Å²) in [4.78, 5) is 16.4. The van der Waals surface area contributed by atoms with E-state index in [1.165, 1.54) is 25.7 Å². The number of halogens is 1. The molecule has 0 heterocycles. The van der Waals surface area contributed by atoms with E-state index in [4.69, 9.17) is 0 Å². The molecule has 1 aliphatic rings. The van der Waals surface area contributed by atoms with Crippen molar-refractivity contribution in [3.05, 3.63) is 0 Å². The Balaban J connectivity index is 0.00000484. The van der Waals surface area contributed by atoms with Crippen molar-refractivity contribution >= 4 is 35.8 Å². The third-order valence-electron chi connectivity index (χ3n) is 3.97. The Morgan fingerprint density at radius 3 is 2.48 bits per heavy atom. The number of hydrogen-bond donors (Lipinski definition) is 3. The zero-order valence-electron chi connectivity index (χ0n) is 15.4. The summed E-state index contributed by atoms with van der Waals surface area (Å²) in [7, 11) is 0. The molecule has 0 aromatic rings. The number of nitrogens with one attached hydrogen (secondary N) is 3. The van der Waals surface area contributed by atoms with Gasteiger partial charge in [0.15, 0.2) is 5.96 Å². The summed E-state index contributed by atoms with van der Waals surface area (Å²) in [6, 6.07) is 0.519. The molecule has 0 saturated heterocycles. The lowest BCUT2D eigenvalue weighted by molar-refractivity contribution is -0.128. The van der Waals surface area contributed by atoms with Gasteiger partial charge in [-0.3, -0.25) is 9.79 Å². The molecule has 0 aromatic carbocycles. The van der Waals surface area contributed by atoms with Crippen LogP contribution >= 0.6 is 24.0 Å². The molecule has 6 heteroatoms. The van der Waals surface area contributed by atoms with Gasteiger partial charge in [0.1, 0.15) is 0 Å². The molecule has 0 radical (unpaired) electrons. The lowest BCUT2D eigenvalue weighted by Crippen LogP contribution is -2.45. The number of guanidine groups is 1. The second kappa shape index (κ2) is 11.1. The fourth-order valence-corrected chi connectivity index (χ4v) is 2.68. The minimum Gasteiger partial charge on any atom is -0.357 e. The Labute approximate surface area is 158 Å². The first-order valence-corrected chi connectivity index (χ1v) is 8.66. The molecule has 5 nitrogen and oxygen atoms in total. The largest absolute Gasteiger partial charge is 0.357 e. The molecular formula is C17H35IN4O. The van der Waals surface area contributed by atoms with Gasteiger partial charge < -0.3 is 16.0 Å². The zero-order valence-corrected chi connectivity index (χ0v) is 17.7. The van der Waals surface area contributed by atoms with E-state index in [9.17, 15) is 4.79 Å². The molecule has 2 atom stereocenters. The number of nitrogens with zero attached hydrogens (tertiary/aromatic N) is 1. The third kappa shape index (κ3) is 9.37. The van der Waals surface area contributed by atoms with Crippen molar-refractivity contribution in [1.29, 1.82) is 0 Å². The number of carbonyl (C=O) groups excluding carboxylic acids is 1. The van der Waals surface area contributed by atoms with Gasteiger partial charge in [0.05, 0.1) is 6.54 Å².